The molecule has 0 amide bonds. The zero-order chi connectivity index (χ0) is 17.9. The number of halogens is 1. The Morgan fingerprint density at radius 1 is 1.00 bits per heavy atom. The van der Waals surface area contributed by atoms with Gasteiger partial charge in [0, 0.05) is 23.2 Å². The van der Waals surface area contributed by atoms with Crippen LogP contribution in [0.1, 0.15) is 66.0 Å². The summed E-state index contributed by atoms with van der Waals surface area (Å²) >= 11 is 3.52. The zero-order valence-electron chi connectivity index (χ0n) is 16.1. The molecule has 24 heavy (non-hydrogen) atoms. The van der Waals surface area contributed by atoms with Gasteiger partial charge in [0.2, 0.25) is 0 Å². The Kier molecular flexibility index (Phi) is 7.12. The molecule has 1 aliphatic heterocycles. The molecule has 0 aliphatic carbocycles. The number of hydrogen-bond donors (Lipinski definition) is 1. The van der Waals surface area contributed by atoms with Crippen molar-refractivity contribution >= 4 is 24.2 Å². The first-order valence-corrected chi connectivity index (χ1v) is 12.4. The van der Waals surface area contributed by atoms with Crippen LogP contribution >= 0.6 is 15.9 Å². The molecule has 1 N–H and O–H groups in total. The van der Waals surface area contributed by atoms with Crippen LogP contribution in [0.2, 0.25) is 16.6 Å². The molecule has 1 saturated heterocycles. The average Bonchev–Trinajstić information content (AvgIpc) is 2.96. The van der Waals surface area contributed by atoms with E-state index in [1.165, 1.54) is 18.4 Å². The zero-order valence-corrected chi connectivity index (χ0v) is 18.7. The molecule has 2 nitrogen and oxygen atoms in total. The van der Waals surface area contributed by atoms with Crippen LogP contribution in [0.3, 0.4) is 0 Å². The van der Waals surface area contributed by atoms with Gasteiger partial charge in [0.1, 0.15) is 0 Å². The lowest BCUT2D eigenvalue weighted by atomic mass is 10.1. The molecule has 2 atom stereocenters. The van der Waals surface area contributed by atoms with E-state index in [0.29, 0.717) is 28.7 Å². The number of benzene rings is 1. The fourth-order valence-electron chi connectivity index (χ4n) is 4.65. The smallest absolute Gasteiger partial charge is 0.200 e. The highest BCUT2D eigenvalue weighted by molar-refractivity contribution is 9.10. The molecule has 0 radical (unpaired) electrons. The van der Waals surface area contributed by atoms with Gasteiger partial charge >= 0.3 is 0 Å². The molecule has 2 rings (SSSR count). The largest absolute Gasteiger partial charge is 0.414 e. The van der Waals surface area contributed by atoms with Crippen LogP contribution in [-0.4, -0.2) is 21.0 Å². The van der Waals surface area contributed by atoms with Gasteiger partial charge in [-0.3, -0.25) is 0 Å². The van der Waals surface area contributed by atoms with Crippen LogP contribution in [0, 0.1) is 0 Å². The minimum absolute atomic E-state index is 0.472. The van der Waals surface area contributed by atoms with Gasteiger partial charge in [-0.1, -0.05) is 69.6 Å². The lowest BCUT2D eigenvalue weighted by molar-refractivity contribution is 0.242. The molecule has 0 saturated carbocycles. The predicted octanol–water partition coefficient (Wildman–Crippen LogP) is 6.43. The summed E-state index contributed by atoms with van der Waals surface area (Å²) in [4.78, 5) is 0. The summed E-state index contributed by atoms with van der Waals surface area (Å²) < 4.78 is 7.91. The Morgan fingerprint density at radius 2 is 1.54 bits per heavy atom. The summed E-state index contributed by atoms with van der Waals surface area (Å²) in [6.45, 7) is 15.0. The van der Waals surface area contributed by atoms with Crippen LogP contribution < -0.4 is 5.32 Å². The SMILES string of the molecule is CC(C)[Si](OCC1CCC(c2ccc(Br)cc2)N1)(C(C)C)C(C)C. The van der Waals surface area contributed by atoms with Gasteiger partial charge in [0.15, 0.2) is 8.32 Å². The van der Waals surface area contributed by atoms with Crippen LogP contribution in [0.25, 0.3) is 0 Å². The summed E-state index contributed by atoms with van der Waals surface area (Å²) in [5, 5.41) is 3.80. The van der Waals surface area contributed by atoms with Crippen LogP contribution in [0.5, 0.6) is 0 Å². The minimum Gasteiger partial charge on any atom is -0.414 e. The van der Waals surface area contributed by atoms with Crippen molar-refractivity contribution in [2.45, 2.75) is 83.1 Å². The molecule has 1 aromatic carbocycles. The van der Waals surface area contributed by atoms with Gasteiger partial charge in [-0.2, -0.15) is 0 Å². The molecule has 0 aromatic heterocycles. The quantitative estimate of drug-likeness (QED) is 0.521. The van der Waals surface area contributed by atoms with Crippen molar-refractivity contribution < 1.29 is 4.43 Å². The molecule has 1 heterocycles. The van der Waals surface area contributed by atoms with Crippen molar-refractivity contribution in [2.24, 2.45) is 0 Å². The third-order valence-electron chi connectivity index (χ3n) is 5.75. The highest BCUT2D eigenvalue weighted by Gasteiger charge is 2.45. The summed E-state index contributed by atoms with van der Waals surface area (Å²) in [6, 6.07) is 9.67. The molecular formula is C20H34BrNOSi. The molecule has 2 unspecified atom stereocenters. The van der Waals surface area contributed by atoms with Crippen molar-refractivity contribution in [2.75, 3.05) is 6.61 Å². The third kappa shape index (κ3) is 4.32. The Morgan fingerprint density at radius 3 is 2.04 bits per heavy atom. The predicted molar refractivity (Wildman–Crippen MR) is 110 cm³/mol. The summed E-state index contributed by atoms with van der Waals surface area (Å²) in [6.07, 6.45) is 2.41. The van der Waals surface area contributed by atoms with Crippen molar-refractivity contribution in [1.29, 1.82) is 0 Å². The Bertz CT molecular complexity index is 493. The van der Waals surface area contributed by atoms with Crippen LogP contribution in [-0.2, 0) is 4.43 Å². The van der Waals surface area contributed by atoms with E-state index in [1.807, 2.05) is 0 Å². The maximum absolute atomic E-state index is 6.77. The number of hydrogen-bond acceptors (Lipinski definition) is 2. The Hall–Kier alpha value is -0.163. The van der Waals surface area contributed by atoms with Gasteiger partial charge in [-0.15, -0.1) is 0 Å². The van der Waals surface area contributed by atoms with E-state index in [1.54, 1.807) is 0 Å². The van der Waals surface area contributed by atoms with Gasteiger partial charge in [0.25, 0.3) is 0 Å². The fourth-order valence-corrected chi connectivity index (χ4v) is 10.4. The molecule has 4 heteroatoms. The topological polar surface area (TPSA) is 21.3 Å². The van der Waals surface area contributed by atoms with E-state index in [2.05, 4.69) is 87.1 Å². The molecule has 1 fully saturated rings. The first-order valence-electron chi connectivity index (χ1n) is 9.42. The molecule has 0 bridgehead atoms. The maximum atomic E-state index is 6.77. The van der Waals surface area contributed by atoms with Gasteiger partial charge < -0.3 is 9.74 Å². The molecule has 136 valence electrons. The second-order valence-electron chi connectivity index (χ2n) is 8.17. The average molecular weight is 412 g/mol. The normalized spacial score (nSPS) is 22.1. The summed E-state index contributed by atoms with van der Waals surface area (Å²) in [5.74, 6) is 0. The van der Waals surface area contributed by atoms with Crippen molar-refractivity contribution in [3.05, 3.63) is 34.3 Å². The maximum Gasteiger partial charge on any atom is 0.200 e. The number of nitrogens with one attached hydrogen (secondary N) is 1. The molecular weight excluding hydrogens is 378 g/mol. The fraction of sp³-hybridized carbons (Fsp3) is 0.700. The third-order valence-corrected chi connectivity index (χ3v) is 12.4. The molecule has 1 aromatic rings. The Labute approximate surface area is 158 Å². The van der Waals surface area contributed by atoms with E-state index in [9.17, 15) is 0 Å². The summed E-state index contributed by atoms with van der Waals surface area (Å²) in [5.41, 5.74) is 3.35. The Balaban J connectivity index is 1.98. The second-order valence-corrected chi connectivity index (χ2v) is 14.5. The first-order chi connectivity index (χ1) is 11.3. The van der Waals surface area contributed by atoms with Gasteiger partial charge in [0.05, 0.1) is 0 Å². The lowest BCUT2D eigenvalue weighted by Gasteiger charge is -2.42. The minimum atomic E-state index is -1.75. The first kappa shape index (κ1) is 20.2. The molecule has 0 spiro atoms. The highest BCUT2D eigenvalue weighted by Crippen LogP contribution is 2.42. The standard InChI is InChI=1S/C20H34BrNOSi/c1-14(2)24(15(3)4,16(5)6)23-13-19-11-12-20(22-19)17-7-9-18(21)10-8-17/h7-10,14-16,19-20,22H,11-13H2,1-6H3. The lowest BCUT2D eigenvalue weighted by Crippen LogP contribution is -2.49. The van der Waals surface area contributed by atoms with Gasteiger partial charge in [-0.25, -0.2) is 0 Å². The van der Waals surface area contributed by atoms with E-state index in [0.717, 1.165) is 11.1 Å². The van der Waals surface area contributed by atoms with Crippen LogP contribution in [0.4, 0.5) is 0 Å². The molecule has 1 aliphatic rings. The van der Waals surface area contributed by atoms with E-state index in [4.69, 9.17) is 4.43 Å². The number of rotatable bonds is 7. The van der Waals surface area contributed by atoms with E-state index >= 15 is 0 Å². The monoisotopic (exact) mass is 411 g/mol. The van der Waals surface area contributed by atoms with Crippen molar-refractivity contribution in [3.63, 3.8) is 0 Å². The van der Waals surface area contributed by atoms with Gasteiger partial charge in [-0.05, 0) is 47.2 Å². The van der Waals surface area contributed by atoms with Crippen molar-refractivity contribution in [1.82, 2.24) is 5.32 Å². The summed E-state index contributed by atoms with van der Waals surface area (Å²) in [7, 11) is -1.75. The second kappa shape index (κ2) is 8.48. The van der Waals surface area contributed by atoms with Crippen LogP contribution in [0.15, 0.2) is 28.7 Å². The van der Waals surface area contributed by atoms with E-state index in [-0.39, 0.29) is 0 Å². The van der Waals surface area contributed by atoms with E-state index < -0.39 is 8.32 Å². The van der Waals surface area contributed by atoms with Crippen molar-refractivity contribution in [3.8, 4) is 0 Å². The highest BCUT2D eigenvalue weighted by atomic mass is 79.9.